The Labute approximate surface area is 180 Å². The Bertz CT molecular complexity index is 1010. The molecule has 31 heavy (non-hydrogen) atoms. The first-order valence-electron chi connectivity index (χ1n) is 10.1. The lowest BCUT2D eigenvalue weighted by atomic mass is 9.85. The number of nitrogens with zero attached hydrogens (tertiary/aromatic N) is 3. The molecule has 0 aromatic heterocycles. The Balaban J connectivity index is 1.54. The number of rotatable bonds is 5. The summed E-state index contributed by atoms with van der Waals surface area (Å²) < 4.78 is 0. The van der Waals surface area contributed by atoms with E-state index in [4.69, 9.17) is 0 Å². The lowest BCUT2D eigenvalue weighted by Crippen LogP contribution is -2.55. The van der Waals surface area contributed by atoms with Crippen LogP contribution in [0.4, 0.5) is 11.4 Å². The predicted molar refractivity (Wildman–Crippen MR) is 118 cm³/mol. The van der Waals surface area contributed by atoms with Crippen LogP contribution < -0.4 is 4.90 Å². The van der Waals surface area contributed by atoms with Crippen molar-refractivity contribution in [2.24, 2.45) is 0 Å². The summed E-state index contributed by atoms with van der Waals surface area (Å²) in [5, 5.41) is 22.5. The van der Waals surface area contributed by atoms with Crippen LogP contribution in [-0.2, 0) is 10.4 Å². The van der Waals surface area contributed by atoms with E-state index < -0.39 is 10.5 Å². The van der Waals surface area contributed by atoms with Gasteiger partial charge in [-0.05, 0) is 23.3 Å². The topological polar surface area (TPSA) is 86.9 Å². The van der Waals surface area contributed by atoms with Gasteiger partial charge in [0.05, 0.1) is 4.92 Å². The summed E-state index contributed by atoms with van der Waals surface area (Å²) in [4.78, 5) is 27.8. The van der Waals surface area contributed by atoms with E-state index in [1.807, 2.05) is 36.4 Å². The highest BCUT2D eigenvalue weighted by Gasteiger charge is 2.43. The summed E-state index contributed by atoms with van der Waals surface area (Å²) in [7, 11) is 0. The largest absolute Gasteiger partial charge is 0.372 e. The molecular weight excluding hydrogens is 394 g/mol. The number of anilines is 1. The Morgan fingerprint density at radius 2 is 1.29 bits per heavy atom. The molecule has 1 N–H and O–H groups in total. The number of non-ortho nitro benzene ring substituents is 1. The van der Waals surface area contributed by atoms with Crippen LogP contribution in [0.1, 0.15) is 11.1 Å². The molecule has 1 aliphatic heterocycles. The number of nitro groups is 1. The van der Waals surface area contributed by atoms with Crippen LogP contribution in [-0.4, -0.2) is 47.0 Å². The van der Waals surface area contributed by atoms with Gasteiger partial charge in [0.1, 0.15) is 0 Å². The molecule has 0 atom stereocenters. The maximum Gasteiger partial charge on any atom is 0.269 e. The second-order valence-electron chi connectivity index (χ2n) is 7.50. The highest BCUT2D eigenvalue weighted by molar-refractivity contribution is 5.90. The average Bonchev–Trinajstić information content (AvgIpc) is 2.84. The van der Waals surface area contributed by atoms with Gasteiger partial charge < -0.3 is 14.9 Å². The molecule has 1 amide bonds. The predicted octanol–water partition coefficient (Wildman–Crippen LogP) is 3.18. The maximum absolute atomic E-state index is 13.6. The number of amides is 1. The van der Waals surface area contributed by atoms with Crippen molar-refractivity contribution in [2.45, 2.75) is 5.60 Å². The molecule has 158 valence electrons. The molecule has 3 aromatic carbocycles. The molecule has 1 saturated heterocycles. The summed E-state index contributed by atoms with van der Waals surface area (Å²) in [5.74, 6) is -0.353. The van der Waals surface area contributed by atoms with Crippen LogP contribution in [0, 0.1) is 10.1 Å². The monoisotopic (exact) mass is 417 g/mol. The van der Waals surface area contributed by atoms with Crippen LogP contribution in [0.2, 0.25) is 0 Å². The van der Waals surface area contributed by atoms with Gasteiger partial charge in [-0.25, -0.2) is 0 Å². The number of benzene rings is 3. The fourth-order valence-electron chi connectivity index (χ4n) is 3.95. The number of hydrogen-bond acceptors (Lipinski definition) is 5. The lowest BCUT2D eigenvalue weighted by Gasteiger charge is -2.40. The summed E-state index contributed by atoms with van der Waals surface area (Å²) in [6, 6.07) is 24.4. The molecular formula is C24H23N3O4. The van der Waals surface area contributed by atoms with Gasteiger partial charge in [0.25, 0.3) is 11.6 Å². The normalized spacial score (nSPS) is 14.4. The van der Waals surface area contributed by atoms with Crippen LogP contribution in [0.25, 0.3) is 0 Å². The van der Waals surface area contributed by atoms with Crippen molar-refractivity contribution >= 4 is 17.3 Å². The van der Waals surface area contributed by atoms with Crippen LogP contribution >= 0.6 is 0 Å². The van der Waals surface area contributed by atoms with Crippen LogP contribution in [0.3, 0.4) is 0 Å². The number of carbonyl (C=O) groups is 1. The van der Waals surface area contributed by atoms with Gasteiger partial charge in [0.15, 0.2) is 5.60 Å². The maximum atomic E-state index is 13.6. The molecule has 0 spiro atoms. The standard InChI is InChI=1S/C24H23N3O4/c28-23(24(29,19-7-3-1-4-8-19)20-9-5-2-6-10-20)26-17-15-25(16-18-26)21-11-13-22(14-12-21)27(30)31/h1-14,29H,15-18H2. The molecule has 1 aliphatic rings. The first-order chi connectivity index (χ1) is 15.0. The number of hydrogen-bond donors (Lipinski definition) is 1. The minimum Gasteiger partial charge on any atom is -0.372 e. The van der Waals surface area contributed by atoms with Gasteiger partial charge in [-0.3, -0.25) is 14.9 Å². The number of nitro benzene ring substituents is 1. The number of piperazine rings is 1. The van der Waals surface area contributed by atoms with E-state index in [9.17, 15) is 20.0 Å². The molecule has 7 nitrogen and oxygen atoms in total. The van der Waals surface area contributed by atoms with E-state index in [0.29, 0.717) is 37.3 Å². The molecule has 0 unspecified atom stereocenters. The average molecular weight is 417 g/mol. The minimum absolute atomic E-state index is 0.0494. The zero-order valence-corrected chi connectivity index (χ0v) is 16.9. The third-order valence-electron chi connectivity index (χ3n) is 5.69. The third-order valence-corrected chi connectivity index (χ3v) is 5.69. The molecule has 3 aromatic rings. The molecule has 7 heteroatoms. The van der Waals surface area contributed by atoms with Crippen molar-refractivity contribution in [3.63, 3.8) is 0 Å². The van der Waals surface area contributed by atoms with E-state index in [-0.39, 0.29) is 11.6 Å². The van der Waals surface area contributed by atoms with Crippen molar-refractivity contribution < 1.29 is 14.8 Å². The number of carbonyl (C=O) groups excluding carboxylic acids is 1. The molecule has 0 bridgehead atoms. The van der Waals surface area contributed by atoms with Crippen LogP contribution in [0.5, 0.6) is 0 Å². The first-order valence-corrected chi connectivity index (χ1v) is 10.1. The summed E-state index contributed by atoms with van der Waals surface area (Å²) >= 11 is 0. The van der Waals surface area contributed by atoms with Gasteiger partial charge in [-0.1, -0.05) is 60.7 Å². The molecule has 0 saturated carbocycles. The molecule has 4 rings (SSSR count). The van der Waals surface area contributed by atoms with Gasteiger partial charge in [0.2, 0.25) is 0 Å². The van der Waals surface area contributed by atoms with E-state index in [2.05, 4.69) is 4.90 Å². The quantitative estimate of drug-likeness (QED) is 0.509. The second kappa shape index (κ2) is 8.57. The van der Waals surface area contributed by atoms with E-state index in [1.165, 1.54) is 12.1 Å². The fourth-order valence-corrected chi connectivity index (χ4v) is 3.95. The highest BCUT2D eigenvalue weighted by atomic mass is 16.6. The molecule has 1 heterocycles. The summed E-state index contributed by atoms with van der Waals surface area (Å²) in [5.41, 5.74) is 0.221. The van der Waals surface area contributed by atoms with E-state index >= 15 is 0 Å². The number of aliphatic hydroxyl groups is 1. The SMILES string of the molecule is O=C(N1CCN(c2ccc([N+](=O)[O-])cc2)CC1)C(O)(c1ccccc1)c1ccccc1. The Hall–Kier alpha value is -3.71. The van der Waals surface area contributed by atoms with Crippen molar-refractivity contribution in [3.8, 4) is 0 Å². The van der Waals surface area contributed by atoms with E-state index in [1.54, 1.807) is 41.3 Å². The Morgan fingerprint density at radius 1 is 0.806 bits per heavy atom. The van der Waals surface area contributed by atoms with Gasteiger partial charge >= 0.3 is 0 Å². The van der Waals surface area contributed by atoms with Crippen molar-refractivity contribution in [1.82, 2.24) is 4.90 Å². The fraction of sp³-hybridized carbons (Fsp3) is 0.208. The van der Waals surface area contributed by atoms with Crippen molar-refractivity contribution in [3.05, 3.63) is 106 Å². The first kappa shape index (κ1) is 20.6. The molecule has 0 radical (unpaired) electrons. The second-order valence-corrected chi connectivity index (χ2v) is 7.50. The Kier molecular flexibility index (Phi) is 5.68. The minimum atomic E-state index is -1.77. The van der Waals surface area contributed by atoms with Gasteiger partial charge in [0, 0.05) is 44.0 Å². The van der Waals surface area contributed by atoms with Crippen LogP contribution in [0.15, 0.2) is 84.9 Å². The smallest absolute Gasteiger partial charge is 0.269 e. The molecule has 1 fully saturated rings. The van der Waals surface area contributed by atoms with Gasteiger partial charge in [-0.15, -0.1) is 0 Å². The highest BCUT2D eigenvalue weighted by Crippen LogP contribution is 2.32. The third kappa shape index (κ3) is 4.00. The zero-order valence-electron chi connectivity index (χ0n) is 16.9. The Morgan fingerprint density at radius 3 is 1.74 bits per heavy atom. The lowest BCUT2D eigenvalue weighted by molar-refractivity contribution is -0.384. The summed E-state index contributed by atoms with van der Waals surface area (Å²) in [6.45, 7) is 2.03. The summed E-state index contributed by atoms with van der Waals surface area (Å²) in [6.07, 6.45) is 0. The van der Waals surface area contributed by atoms with E-state index in [0.717, 1.165) is 5.69 Å². The van der Waals surface area contributed by atoms with Gasteiger partial charge in [-0.2, -0.15) is 0 Å². The molecule has 0 aliphatic carbocycles. The van der Waals surface area contributed by atoms with Crippen molar-refractivity contribution in [1.29, 1.82) is 0 Å². The zero-order chi connectivity index (χ0) is 21.8. The van der Waals surface area contributed by atoms with Crippen molar-refractivity contribution in [2.75, 3.05) is 31.1 Å².